The van der Waals surface area contributed by atoms with Crippen LogP contribution in [0.5, 0.6) is 0 Å². The minimum absolute atomic E-state index is 0.419. The van der Waals surface area contributed by atoms with Gasteiger partial charge in [-0.2, -0.15) is 0 Å². The molecule has 0 spiro atoms. The Morgan fingerprint density at radius 3 is 2.56 bits per heavy atom. The van der Waals surface area contributed by atoms with Crippen molar-refractivity contribution in [3.05, 3.63) is 22.4 Å². The summed E-state index contributed by atoms with van der Waals surface area (Å²) in [7, 11) is -0.419. The van der Waals surface area contributed by atoms with Gasteiger partial charge in [-0.3, -0.25) is 4.79 Å². The topological polar surface area (TPSA) is 34.1 Å². The van der Waals surface area contributed by atoms with E-state index in [1.54, 1.807) is 16.8 Å². The zero-order valence-corrected chi connectivity index (χ0v) is 5.43. The quantitative estimate of drug-likeness (QED) is 0.459. The Labute approximate surface area is 55.1 Å². The van der Waals surface area contributed by atoms with Crippen LogP contribution in [0.4, 0.5) is 0 Å². The summed E-state index contributed by atoms with van der Waals surface area (Å²) >= 11 is 0. The van der Waals surface area contributed by atoms with Gasteiger partial charge in [0.2, 0.25) is 0 Å². The lowest BCUT2D eigenvalue weighted by molar-refractivity contribution is 0.112. The summed E-state index contributed by atoms with van der Waals surface area (Å²) in [6, 6.07) is 1.66. The van der Waals surface area contributed by atoms with Crippen molar-refractivity contribution in [1.29, 1.82) is 0 Å². The van der Waals surface area contributed by atoms with E-state index in [0.717, 1.165) is 11.9 Å². The van der Waals surface area contributed by atoms with Crippen molar-refractivity contribution >= 4 is 22.4 Å². The van der Waals surface area contributed by atoms with Crippen molar-refractivity contribution in [1.82, 2.24) is 0 Å². The summed E-state index contributed by atoms with van der Waals surface area (Å²) in [4.78, 5) is 20.1. The third kappa shape index (κ3) is 1.23. The molecule has 0 amide bonds. The van der Waals surface area contributed by atoms with E-state index in [1.807, 2.05) is 0 Å². The molecular formula is C6H5O2S+. The van der Waals surface area contributed by atoms with Gasteiger partial charge in [-0.1, -0.05) is 0 Å². The molecule has 0 aliphatic heterocycles. The summed E-state index contributed by atoms with van der Waals surface area (Å²) in [6.07, 6.45) is 0.743. The van der Waals surface area contributed by atoms with Gasteiger partial charge >= 0.3 is 5.62 Å². The van der Waals surface area contributed by atoms with Gasteiger partial charge < -0.3 is 0 Å². The van der Waals surface area contributed by atoms with Gasteiger partial charge in [-0.05, 0) is 0 Å². The molecule has 0 aromatic carbocycles. The van der Waals surface area contributed by atoms with Crippen LogP contribution in [0.1, 0.15) is 10.4 Å². The molecule has 1 atom stereocenters. The summed E-state index contributed by atoms with van der Waals surface area (Å²) in [5, 5.41) is 3.37. The van der Waals surface area contributed by atoms with Crippen LogP contribution >= 0.6 is 10.5 Å². The zero-order chi connectivity index (χ0) is 6.69. The molecule has 0 radical (unpaired) electrons. The number of hydrogen-bond acceptors (Lipinski definition) is 2. The molecule has 1 heterocycles. The van der Waals surface area contributed by atoms with E-state index in [4.69, 9.17) is 0 Å². The smallest absolute Gasteiger partial charge is 0.298 e. The maximum atomic E-state index is 10.1. The second kappa shape index (κ2) is 2.55. The monoisotopic (exact) mass is 141 g/mol. The second-order valence-corrected chi connectivity index (χ2v) is 3.06. The lowest BCUT2D eigenvalue weighted by Crippen LogP contribution is -1.66. The molecule has 3 heteroatoms. The Bertz CT molecular complexity index is 204. The fraction of sp³-hybridized carbons (Fsp3) is 0. The van der Waals surface area contributed by atoms with Gasteiger partial charge in [0, 0.05) is 16.5 Å². The highest BCUT2D eigenvalue weighted by molar-refractivity contribution is 7.46. The Balaban J connectivity index is 2.98. The first-order valence-corrected chi connectivity index (χ1v) is 3.79. The molecule has 1 aromatic rings. The Morgan fingerprint density at radius 2 is 2.22 bits per heavy atom. The molecule has 2 nitrogen and oxygen atoms in total. The number of aldehydes is 1. The molecule has 0 aliphatic rings. The fourth-order valence-corrected chi connectivity index (χ4v) is 1.48. The van der Waals surface area contributed by atoms with E-state index in [9.17, 15) is 9.59 Å². The van der Waals surface area contributed by atoms with Gasteiger partial charge in [0.1, 0.15) is 5.38 Å². The van der Waals surface area contributed by atoms with Gasteiger partial charge in [0.25, 0.3) is 0 Å². The van der Waals surface area contributed by atoms with E-state index in [-0.39, 0.29) is 0 Å². The molecule has 1 aromatic heterocycles. The first-order valence-electron chi connectivity index (χ1n) is 2.38. The molecular weight excluding hydrogens is 136 g/mol. The molecule has 0 fully saturated rings. The molecule has 46 valence electrons. The molecule has 1 rings (SSSR count). The number of rotatable bonds is 2. The zero-order valence-electron chi connectivity index (χ0n) is 4.61. The summed E-state index contributed by atoms with van der Waals surface area (Å²) < 4.78 is 0. The SMILES string of the molecule is O=Cc1cc[s+](C=O)c1. The van der Waals surface area contributed by atoms with Crippen LogP contribution in [0, 0.1) is 0 Å². The highest BCUT2D eigenvalue weighted by Crippen LogP contribution is 2.14. The molecule has 0 N–H and O–H groups in total. The Morgan fingerprint density at radius 1 is 1.44 bits per heavy atom. The highest BCUT2D eigenvalue weighted by atomic mass is 32.2. The third-order valence-corrected chi connectivity index (χ3v) is 2.15. The minimum atomic E-state index is -0.419. The van der Waals surface area contributed by atoms with Crippen LogP contribution in [0.2, 0.25) is 0 Å². The Hall–Kier alpha value is -0.960. The van der Waals surface area contributed by atoms with E-state index in [2.05, 4.69) is 0 Å². The van der Waals surface area contributed by atoms with E-state index >= 15 is 0 Å². The predicted octanol–water partition coefficient (Wildman–Crippen LogP) is 1.29. The van der Waals surface area contributed by atoms with E-state index in [0.29, 0.717) is 5.56 Å². The lowest BCUT2D eigenvalue weighted by atomic mass is 10.4. The van der Waals surface area contributed by atoms with Crippen molar-refractivity contribution in [3.63, 3.8) is 0 Å². The second-order valence-electron chi connectivity index (χ2n) is 1.54. The Kier molecular flexibility index (Phi) is 1.75. The average molecular weight is 141 g/mol. The summed E-state index contributed by atoms with van der Waals surface area (Å²) in [5.41, 5.74) is 1.43. The van der Waals surface area contributed by atoms with Crippen molar-refractivity contribution in [2.45, 2.75) is 0 Å². The van der Waals surface area contributed by atoms with Gasteiger partial charge in [0.15, 0.2) is 11.7 Å². The maximum Gasteiger partial charge on any atom is 0.343 e. The number of carbonyl (C=O) groups is 2. The number of carbonyl (C=O) groups excluding carboxylic acids is 2. The van der Waals surface area contributed by atoms with Crippen LogP contribution < -0.4 is 0 Å². The fourth-order valence-electron chi connectivity index (χ4n) is 0.520. The normalized spacial score (nSPS) is 10.9. The molecule has 0 saturated carbocycles. The molecule has 0 saturated heterocycles. The summed E-state index contributed by atoms with van der Waals surface area (Å²) in [5.74, 6) is 0. The van der Waals surface area contributed by atoms with Crippen molar-refractivity contribution < 1.29 is 9.59 Å². The standard InChI is InChI=1S/C6H5O2S/c7-3-6-1-2-9(4-6)5-8/h1-5H/q+1. The minimum Gasteiger partial charge on any atom is -0.298 e. The molecule has 1 unspecified atom stereocenters. The number of thiophene rings is 1. The van der Waals surface area contributed by atoms with E-state index in [1.165, 1.54) is 0 Å². The predicted molar refractivity (Wildman–Crippen MR) is 36.5 cm³/mol. The van der Waals surface area contributed by atoms with E-state index < -0.39 is 10.5 Å². The highest BCUT2D eigenvalue weighted by Gasteiger charge is 2.02. The van der Waals surface area contributed by atoms with Crippen LogP contribution in [-0.4, -0.2) is 11.9 Å². The van der Waals surface area contributed by atoms with Crippen molar-refractivity contribution in [2.75, 3.05) is 0 Å². The van der Waals surface area contributed by atoms with Crippen LogP contribution in [0.25, 0.3) is 0 Å². The van der Waals surface area contributed by atoms with Crippen molar-refractivity contribution in [2.24, 2.45) is 0 Å². The third-order valence-electron chi connectivity index (χ3n) is 0.937. The summed E-state index contributed by atoms with van der Waals surface area (Å²) in [6.45, 7) is 0. The lowest BCUT2D eigenvalue weighted by Gasteiger charge is -1.63. The van der Waals surface area contributed by atoms with Gasteiger partial charge in [-0.15, -0.1) is 0 Å². The first-order chi connectivity index (χ1) is 4.36. The van der Waals surface area contributed by atoms with Crippen LogP contribution in [0.15, 0.2) is 16.8 Å². The van der Waals surface area contributed by atoms with Gasteiger partial charge in [0.05, 0.1) is 5.56 Å². The average Bonchev–Trinajstić information content (AvgIpc) is 2.34. The molecule has 0 aliphatic carbocycles. The molecule has 0 bridgehead atoms. The number of hydrogen-bond donors (Lipinski definition) is 0. The van der Waals surface area contributed by atoms with Crippen LogP contribution in [-0.2, 0) is 4.79 Å². The maximum absolute atomic E-state index is 10.1. The van der Waals surface area contributed by atoms with Crippen molar-refractivity contribution in [3.8, 4) is 0 Å². The van der Waals surface area contributed by atoms with Crippen LogP contribution in [0.3, 0.4) is 0 Å². The largest absolute Gasteiger partial charge is 0.343 e. The first kappa shape index (κ1) is 6.16. The molecule has 9 heavy (non-hydrogen) atoms. The van der Waals surface area contributed by atoms with Gasteiger partial charge in [-0.25, -0.2) is 4.79 Å².